The summed E-state index contributed by atoms with van der Waals surface area (Å²) in [7, 11) is 0. The van der Waals surface area contributed by atoms with E-state index in [1.165, 1.54) is 4.57 Å². The highest BCUT2D eigenvalue weighted by molar-refractivity contribution is 5.60. The van der Waals surface area contributed by atoms with Crippen LogP contribution < -0.4 is 22.3 Å². The van der Waals surface area contributed by atoms with Gasteiger partial charge in [-0.3, -0.25) is 14.3 Å². The Hall–Kier alpha value is -1.76. The first-order valence-electron chi connectivity index (χ1n) is 6.47. The van der Waals surface area contributed by atoms with Gasteiger partial charge in [0, 0.05) is 19.7 Å². The first-order chi connectivity index (χ1) is 8.97. The van der Waals surface area contributed by atoms with Crippen molar-refractivity contribution in [2.75, 3.05) is 24.2 Å². The molecule has 2 heterocycles. The standard InChI is InChI=1S/C12H20N4O3/c1-3-16-9(13)8(10(17)15-11(16)18)14-7-12(2)5-4-6-19-12/h14H,3-7,13H2,1-2H3,(H,15,17,18). The number of nitrogens with two attached hydrogens (primary N) is 1. The second-order valence-electron chi connectivity index (χ2n) is 5.02. The van der Waals surface area contributed by atoms with E-state index in [0.717, 1.165) is 19.4 Å². The Kier molecular flexibility index (Phi) is 3.66. The summed E-state index contributed by atoms with van der Waals surface area (Å²) in [5.74, 6) is 0.165. The van der Waals surface area contributed by atoms with Gasteiger partial charge in [-0.15, -0.1) is 0 Å². The highest BCUT2D eigenvalue weighted by atomic mass is 16.5. The predicted molar refractivity (Wildman–Crippen MR) is 73.5 cm³/mol. The van der Waals surface area contributed by atoms with Gasteiger partial charge in [-0.1, -0.05) is 0 Å². The lowest BCUT2D eigenvalue weighted by molar-refractivity contribution is 0.0315. The number of anilines is 2. The van der Waals surface area contributed by atoms with Crippen LogP contribution >= 0.6 is 0 Å². The van der Waals surface area contributed by atoms with Crippen LogP contribution in [0.1, 0.15) is 26.7 Å². The summed E-state index contributed by atoms with van der Waals surface area (Å²) in [5, 5.41) is 3.01. The van der Waals surface area contributed by atoms with E-state index in [0.29, 0.717) is 13.1 Å². The van der Waals surface area contributed by atoms with E-state index < -0.39 is 11.2 Å². The summed E-state index contributed by atoms with van der Waals surface area (Å²) in [6.45, 7) is 5.42. The molecule has 0 aliphatic carbocycles. The summed E-state index contributed by atoms with van der Waals surface area (Å²) in [6.07, 6.45) is 1.95. The summed E-state index contributed by atoms with van der Waals surface area (Å²) < 4.78 is 6.96. The maximum atomic E-state index is 11.8. The number of hydrogen-bond donors (Lipinski definition) is 3. The van der Waals surface area contributed by atoms with Crippen molar-refractivity contribution in [3.8, 4) is 0 Å². The first-order valence-corrected chi connectivity index (χ1v) is 6.47. The maximum absolute atomic E-state index is 11.8. The molecule has 0 amide bonds. The van der Waals surface area contributed by atoms with Crippen LogP contribution in [0, 0.1) is 0 Å². The van der Waals surface area contributed by atoms with Crippen molar-refractivity contribution in [3.63, 3.8) is 0 Å². The molecule has 0 saturated carbocycles. The van der Waals surface area contributed by atoms with Crippen LogP contribution in [0.2, 0.25) is 0 Å². The Bertz CT molecular complexity index is 569. The molecule has 0 radical (unpaired) electrons. The van der Waals surface area contributed by atoms with E-state index in [4.69, 9.17) is 10.5 Å². The summed E-state index contributed by atoms with van der Waals surface area (Å²) in [5.41, 5.74) is 4.83. The third-order valence-electron chi connectivity index (χ3n) is 3.50. The molecule has 1 aromatic heterocycles. The molecule has 1 atom stereocenters. The molecule has 1 unspecified atom stereocenters. The summed E-state index contributed by atoms with van der Waals surface area (Å²) >= 11 is 0. The number of nitrogens with zero attached hydrogens (tertiary/aromatic N) is 1. The Morgan fingerprint density at radius 2 is 2.26 bits per heavy atom. The average Bonchev–Trinajstić information content (AvgIpc) is 2.76. The van der Waals surface area contributed by atoms with E-state index in [9.17, 15) is 9.59 Å². The van der Waals surface area contributed by atoms with E-state index in [-0.39, 0.29) is 17.1 Å². The lowest BCUT2D eigenvalue weighted by Crippen LogP contribution is -2.38. The van der Waals surface area contributed by atoms with Gasteiger partial charge >= 0.3 is 5.69 Å². The van der Waals surface area contributed by atoms with Crippen molar-refractivity contribution in [3.05, 3.63) is 20.8 Å². The number of hydrogen-bond acceptors (Lipinski definition) is 5. The van der Waals surface area contributed by atoms with Gasteiger partial charge in [0.2, 0.25) is 0 Å². The number of ether oxygens (including phenoxy) is 1. The molecule has 0 aromatic carbocycles. The van der Waals surface area contributed by atoms with Crippen LogP contribution in [0.5, 0.6) is 0 Å². The van der Waals surface area contributed by atoms with Gasteiger partial charge in [0.1, 0.15) is 11.5 Å². The normalized spacial score (nSPS) is 22.6. The molecule has 1 aromatic rings. The minimum Gasteiger partial charge on any atom is -0.383 e. The highest BCUT2D eigenvalue weighted by Gasteiger charge is 2.30. The Balaban J connectivity index is 2.25. The van der Waals surface area contributed by atoms with E-state index in [1.54, 1.807) is 6.92 Å². The SMILES string of the molecule is CCn1c(N)c(NCC2(C)CCCO2)c(=O)[nH]c1=O. The largest absolute Gasteiger partial charge is 0.383 e. The van der Waals surface area contributed by atoms with Gasteiger partial charge in [0.25, 0.3) is 5.56 Å². The molecular formula is C12H20N4O3. The van der Waals surface area contributed by atoms with Crippen molar-refractivity contribution < 1.29 is 4.74 Å². The van der Waals surface area contributed by atoms with Gasteiger partial charge < -0.3 is 15.8 Å². The second-order valence-corrected chi connectivity index (χ2v) is 5.02. The van der Waals surface area contributed by atoms with E-state index in [1.807, 2.05) is 6.92 Å². The van der Waals surface area contributed by atoms with E-state index in [2.05, 4.69) is 10.3 Å². The van der Waals surface area contributed by atoms with Gasteiger partial charge in [0.15, 0.2) is 0 Å². The maximum Gasteiger partial charge on any atom is 0.330 e. The average molecular weight is 268 g/mol. The van der Waals surface area contributed by atoms with Gasteiger partial charge in [-0.2, -0.15) is 0 Å². The summed E-state index contributed by atoms with van der Waals surface area (Å²) in [4.78, 5) is 25.6. The van der Waals surface area contributed by atoms with Crippen LogP contribution in [0.4, 0.5) is 11.5 Å². The number of aromatic nitrogens is 2. The molecule has 106 valence electrons. The van der Waals surface area contributed by atoms with Crippen LogP contribution in [-0.2, 0) is 11.3 Å². The molecule has 1 saturated heterocycles. The Labute approximate surface area is 110 Å². The molecular weight excluding hydrogens is 248 g/mol. The minimum atomic E-state index is -0.492. The third-order valence-corrected chi connectivity index (χ3v) is 3.50. The Morgan fingerprint density at radius 1 is 1.53 bits per heavy atom. The zero-order valence-corrected chi connectivity index (χ0v) is 11.3. The molecule has 7 heteroatoms. The lowest BCUT2D eigenvalue weighted by Gasteiger charge is -2.24. The van der Waals surface area contributed by atoms with Crippen molar-refractivity contribution >= 4 is 11.5 Å². The number of rotatable bonds is 4. The number of nitrogen functional groups attached to an aromatic ring is 1. The topological polar surface area (TPSA) is 102 Å². The number of nitrogens with one attached hydrogen (secondary N) is 2. The lowest BCUT2D eigenvalue weighted by atomic mass is 10.0. The number of H-pyrrole nitrogens is 1. The fourth-order valence-corrected chi connectivity index (χ4v) is 2.32. The van der Waals surface area contributed by atoms with Crippen molar-refractivity contribution in [2.24, 2.45) is 0 Å². The van der Waals surface area contributed by atoms with Crippen LogP contribution in [0.3, 0.4) is 0 Å². The smallest absolute Gasteiger partial charge is 0.330 e. The van der Waals surface area contributed by atoms with Crippen LogP contribution in [0.25, 0.3) is 0 Å². The highest BCUT2D eigenvalue weighted by Crippen LogP contribution is 2.25. The molecule has 7 nitrogen and oxygen atoms in total. The van der Waals surface area contributed by atoms with Crippen LogP contribution in [0.15, 0.2) is 9.59 Å². The van der Waals surface area contributed by atoms with Gasteiger partial charge in [-0.25, -0.2) is 4.79 Å². The molecule has 0 spiro atoms. The molecule has 4 N–H and O–H groups in total. The molecule has 0 bridgehead atoms. The van der Waals surface area contributed by atoms with Gasteiger partial charge in [-0.05, 0) is 26.7 Å². The van der Waals surface area contributed by atoms with Crippen molar-refractivity contribution in [1.29, 1.82) is 0 Å². The molecule has 1 aliphatic rings. The van der Waals surface area contributed by atoms with Crippen LogP contribution in [-0.4, -0.2) is 28.3 Å². The predicted octanol–water partition coefficient (Wildman–Crippen LogP) is 0.120. The molecule has 19 heavy (non-hydrogen) atoms. The fourth-order valence-electron chi connectivity index (χ4n) is 2.32. The number of aromatic amines is 1. The second kappa shape index (κ2) is 5.08. The Morgan fingerprint density at radius 3 is 2.84 bits per heavy atom. The van der Waals surface area contributed by atoms with Gasteiger partial charge in [0.05, 0.1) is 5.60 Å². The molecule has 2 rings (SSSR count). The quantitative estimate of drug-likeness (QED) is 0.720. The molecule has 1 aliphatic heterocycles. The first kappa shape index (κ1) is 13.7. The van der Waals surface area contributed by atoms with Crippen molar-refractivity contribution in [1.82, 2.24) is 9.55 Å². The monoisotopic (exact) mass is 268 g/mol. The zero-order valence-electron chi connectivity index (χ0n) is 11.3. The summed E-state index contributed by atoms with van der Waals surface area (Å²) in [6, 6.07) is 0. The minimum absolute atomic E-state index is 0.165. The fraction of sp³-hybridized carbons (Fsp3) is 0.667. The van der Waals surface area contributed by atoms with E-state index >= 15 is 0 Å². The van der Waals surface area contributed by atoms with Crippen molar-refractivity contribution in [2.45, 2.75) is 38.8 Å². The molecule has 1 fully saturated rings. The zero-order chi connectivity index (χ0) is 14.0. The third kappa shape index (κ3) is 2.65.